The Balaban J connectivity index is 1.35. The summed E-state index contributed by atoms with van der Waals surface area (Å²) in [5, 5.41) is 6.67. The van der Waals surface area contributed by atoms with Crippen LogP contribution in [0, 0.1) is 5.82 Å². The summed E-state index contributed by atoms with van der Waals surface area (Å²) in [6, 6.07) is 20.0. The molecule has 32 heavy (non-hydrogen) atoms. The van der Waals surface area contributed by atoms with Crippen molar-refractivity contribution < 1.29 is 18.7 Å². The van der Waals surface area contributed by atoms with Gasteiger partial charge in [0.05, 0.1) is 19.0 Å². The fraction of sp³-hybridized carbons (Fsp3) is 0.0417. The van der Waals surface area contributed by atoms with Gasteiger partial charge in [0, 0.05) is 10.9 Å². The summed E-state index contributed by atoms with van der Waals surface area (Å²) >= 11 is 1.40. The average Bonchev–Trinajstić information content (AvgIpc) is 3.29. The number of hydrazone groups is 1. The molecule has 160 valence electrons. The van der Waals surface area contributed by atoms with Crippen LogP contribution in [-0.4, -0.2) is 24.3 Å². The van der Waals surface area contributed by atoms with Crippen molar-refractivity contribution in [1.29, 1.82) is 0 Å². The summed E-state index contributed by atoms with van der Waals surface area (Å²) in [4.78, 5) is 16.8. The van der Waals surface area contributed by atoms with Crippen molar-refractivity contribution in [2.75, 3.05) is 12.5 Å². The Morgan fingerprint density at radius 1 is 1.06 bits per heavy atom. The number of rotatable bonds is 7. The molecule has 0 saturated heterocycles. The molecule has 0 fully saturated rings. The first-order valence-corrected chi connectivity index (χ1v) is 10.5. The molecule has 0 atom stereocenters. The number of hydrogen-bond donors (Lipinski definition) is 1. The number of para-hydroxylation sites is 1. The molecule has 0 bridgehead atoms. The summed E-state index contributed by atoms with van der Waals surface area (Å²) in [5.74, 6) is 0.0887. The third-order valence-corrected chi connectivity index (χ3v) is 5.18. The predicted molar refractivity (Wildman–Crippen MR) is 123 cm³/mol. The smallest absolute Gasteiger partial charge is 0.347 e. The lowest BCUT2D eigenvalue weighted by Gasteiger charge is -2.08. The highest BCUT2D eigenvalue weighted by Crippen LogP contribution is 2.25. The maximum Gasteiger partial charge on any atom is 0.347 e. The number of hydrogen-bond acceptors (Lipinski definition) is 7. The SMILES string of the molecule is COc1ccccc1C(=O)Oc1ccc(/C=N/Nc2nc(-c3ccc(F)cc3)cs2)cc1. The number of carbonyl (C=O) groups is 1. The molecular formula is C24H18FN3O3S. The van der Waals surface area contributed by atoms with E-state index in [1.807, 2.05) is 5.38 Å². The Morgan fingerprint density at radius 2 is 1.81 bits per heavy atom. The number of nitrogens with zero attached hydrogens (tertiary/aromatic N) is 2. The number of nitrogens with one attached hydrogen (secondary N) is 1. The van der Waals surface area contributed by atoms with Crippen molar-refractivity contribution in [3.63, 3.8) is 0 Å². The topological polar surface area (TPSA) is 72.8 Å². The van der Waals surface area contributed by atoms with Crippen LogP contribution in [0.2, 0.25) is 0 Å². The lowest BCUT2D eigenvalue weighted by atomic mass is 10.2. The molecule has 1 heterocycles. The second-order valence-electron chi connectivity index (χ2n) is 6.57. The molecule has 4 rings (SSSR count). The van der Waals surface area contributed by atoms with Crippen molar-refractivity contribution in [2.24, 2.45) is 5.10 Å². The Bertz CT molecular complexity index is 1240. The number of thiazole rings is 1. The molecule has 0 aliphatic rings. The minimum Gasteiger partial charge on any atom is -0.496 e. The summed E-state index contributed by atoms with van der Waals surface area (Å²) in [6.45, 7) is 0. The van der Waals surface area contributed by atoms with E-state index in [4.69, 9.17) is 9.47 Å². The molecule has 0 amide bonds. The highest BCUT2D eigenvalue weighted by atomic mass is 32.1. The van der Waals surface area contributed by atoms with Crippen LogP contribution in [0.4, 0.5) is 9.52 Å². The minimum atomic E-state index is -0.494. The van der Waals surface area contributed by atoms with E-state index in [-0.39, 0.29) is 5.82 Å². The van der Waals surface area contributed by atoms with Crippen LogP contribution >= 0.6 is 11.3 Å². The summed E-state index contributed by atoms with van der Waals surface area (Å²) in [6.07, 6.45) is 1.63. The zero-order valence-corrected chi connectivity index (χ0v) is 17.8. The van der Waals surface area contributed by atoms with Crippen LogP contribution in [0.15, 0.2) is 83.3 Å². The molecule has 3 aromatic carbocycles. The molecule has 0 spiro atoms. The largest absolute Gasteiger partial charge is 0.496 e. The van der Waals surface area contributed by atoms with Crippen molar-refractivity contribution in [3.05, 3.63) is 95.1 Å². The summed E-state index contributed by atoms with van der Waals surface area (Å²) in [5.41, 5.74) is 5.62. The molecule has 0 aliphatic heterocycles. The molecule has 1 N–H and O–H groups in total. The Morgan fingerprint density at radius 3 is 2.56 bits per heavy atom. The number of carbonyl (C=O) groups excluding carboxylic acids is 1. The summed E-state index contributed by atoms with van der Waals surface area (Å²) in [7, 11) is 1.50. The van der Waals surface area contributed by atoms with Gasteiger partial charge in [-0.25, -0.2) is 14.2 Å². The highest BCUT2D eigenvalue weighted by Gasteiger charge is 2.13. The van der Waals surface area contributed by atoms with Crippen molar-refractivity contribution in [2.45, 2.75) is 0 Å². The zero-order valence-electron chi connectivity index (χ0n) is 17.0. The van der Waals surface area contributed by atoms with E-state index in [1.54, 1.807) is 66.9 Å². The van der Waals surface area contributed by atoms with E-state index in [2.05, 4.69) is 15.5 Å². The van der Waals surface area contributed by atoms with E-state index in [9.17, 15) is 9.18 Å². The maximum atomic E-state index is 13.1. The second-order valence-corrected chi connectivity index (χ2v) is 7.43. The third-order valence-electron chi connectivity index (χ3n) is 4.44. The second kappa shape index (κ2) is 9.84. The highest BCUT2D eigenvalue weighted by molar-refractivity contribution is 7.14. The van der Waals surface area contributed by atoms with Gasteiger partial charge >= 0.3 is 5.97 Å². The lowest BCUT2D eigenvalue weighted by molar-refractivity contribution is 0.0731. The number of methoxy groups -OCH3 is 1. The van der Waals surface area contributed by atoms with Crippen LogP contribution in [0.25, 0.3) is 11.3 Å². The molecule has 4 aromatic rings. The first-order valence-electron chi connectivity index (χ1n) is 9.58. The Labute approximate surface area is 188 Å². The van der Waals surface area contributed by atoms with Gasteiger partial charge in [-0.3, -0.25) is 5.43 Å². The van der Waals surface area contributed by atoms with E-state index in [0.29, 0.717) is 22.2 Å². The zero-order chi connectivity index (χ0) is 22.3. The van der Waals surface area contributed by atoms with Crippen molar-refractivity contribution in [1.82, 2.24) is 4.98 Å². The van der Waals surface area contributed by atoms with Gasteiger partial charge in [-0.2, -0.15) is 5.10 Å². The quantitative estimate of drug-likeness (QED) is 0.172. The molecule has 1 aromatic heterocycles. The van der Waals surface area contributed by atoms with Crippen LogP contribution in [-0.2, 0) is 0 Å². The van der Waals surface area contributed by atoms with Gasteiger partial charge in [-0.05, 0) is 66.2 Å². The first kappa shape index (κ1) is 21.2. The lowest BCUT2D eigenvalue weighted by Crippen LogP contribution is -2.10. The van der Waals surface area contributed by atoms with E-state index < -0.39 is 5.97 Å². The number of ether oxygens (including phenoxy) is 2. The van der Waals surface area contributed by atoms with E-state index in [1.165, 1.54) is 30.6 Å². The van der Waals surface area contributed by atoms with Gasteiger partial charge in [0.25, 0.3) is 0 Å². The van der Waals surface area contributed by atoms with Gasteiger partial charge in [0.1, 0.15) is 22.9 Å². The summed E-state index contributed by atoms with van der Waals surface area (Å²) < 4.78 is 23.7. The van der Waals surface area contributed by atoms with Crippen LogP contribution in [0.3, 0.4) is 0 Å². The number of benzene rings is 3. The first-order chi connectivity index (χ1) is 15.6. The van der Waals surface area contributed by atoms with Crippen LogP contribution in [0.5, 0.6) is 11.5 Å². The monoisotopic (exact) mass is 447 g/mol. The predicted octanol–water partition coefficient (Wildman–Crippen LogP) is 5.62. The molecule has 0 aliphatic carbocycles. The van der Waals surface area contributed by atoms with Gasteiger partial charge in [-0.1, -0.05) is 12.1 Å². The van der Waals surface area contributed by atoms with Gasteiger partial charge < -0.3 is 9.47 Å². The van der Waals surface area contributed by atoms with Crippen molar-refractivity contribution >= 4 is 28.7 Å². The van der Waals surface area contributed by atoms with Crippen LogP contribution < -0.4 is 14.9 Å². The molecule has 6 nitrogen and oxygen atoms in total. The average molecular weight is 447 g/mol. The standard InChI is InChI=1S/C24H18FN3O3S/c1-30-22-5-3-2-4-20(22)23(29)31-19-12-6-16(7-13-19)14-26-28-24-27-21(15-32-24)17-8-10-18(25)11-9-17/h2-15H,1H3,(H,27,28)/b26-14+. The number of aromatic nitrogens is 1. The number of esters is 1. The Kier molecular flexibility index (Phi) is 6.52. The molecule has 0 saturated carbocycles. The minimum absolute atomic E-state index is 0.285. The molecular weight excluding hydrogens is 429 g/mol. The number of halogens is 1. The maximum absolute atomic E-state index is 13.1. The molecule has 8 heteroatoms. The molecule has 0 radical (unpaired) electrons. The molecule has 0 unspecified atom stereocenters. The van der Waals surface area contributed by atoms with E-state index in [0.717, 1.165) is 16.8 Å². The van der Waals surface area contributed by atoms with Crippen molar-refractivity contribution in [3.8, 4) is 22.8 Å². The fourth-order valence-corrected chi connectivity index (χ4v) is 3.51. The van der Waals surface area contributed by atoms with E-state index >= 15 is 0 Å². The fourth-order valence-electron chi connectivity index (χ4n) is 2.84. The number of anilines is 1. The van der Waals surface area contributed by atoms with Gasteiger partial charge in [0.2, 0.25) is 5.13 Å². The normalized spacial score (nSPS) is 10.8. The Hall–Kier alpha value is -4.04. The third kappa shape index (κ3) is 5.16. The van der Waals surface area contributed by atoms with Crippen LogP contribution in [0.1, 0.15) is 15.9 Å². The van der Waals surface area contributed by atoms with Gasteiger partial charge in [-0.15, -0.1) is 11.3 Å². The van der Waals surface area contributed by atoms with Gasteiger partial charge in [0.15, 0.2) is 0 Å².